The molecule has 0 bridgehead atoms. The summed E-state index contributed by atoms with van der Waals surface area (Å²) in [5.41, 5.74) is 1.93. The average Bonchev–Trinajstić information content (AvgIpc) is 2.60. The molecule has 0 saturated carbocycles. The minimum Gasteiger partial charge on any atom is -0.462 e. The number of hydrogen-bond acceptors (Lipinski definition) is 4. The Morgan fingerprint density at radius 1 is 1.08 bits per heavy atom. The number of esters is 1. The summed E-state index contributed by atoms with van der Waals surface area (Å²) in [5, 5.41) is 6.42. The second kappa shape index (κ2) is 8.93. The fourth-order valence-corrected chi connectivity index (χ4v) is 2.19. The van der Waals surface area contributed by atoms with Crippen molar-refractivity contribution in [1.29, 1.82) is 0 Å². The molecule has 0 aromatic heterocycles. The number of benzene rings is 2. The van der Waals surface area contributed by atoms with Gasteiger partial charge in [-0.05, 0) is 36.8 Å². The molecule has 0 atom stereocenters. The highest BCUT2D eigenvalue weighted by Gasteiger charge is 2.12. The predicted molar refractivity (Wildman–Crippen MR) is 94.2 cm³/mol. The first-order valence-electron chi connectivity index (χ1n) is 7.61. The third-order valence-electron chi connectivity index (χ3n) is 3.26. The van der Waals surface area contributed by atoms with Crippen LogP contribution in [0.4, 0.5) is 5.69 Å². The van der Waals surface area contributed by atoms with Crippen LogP contribution in [0.1, 0.15) is 22.8 Å². The van der Waals surface area contributed by atoms with Crippen LogP contribution in [0, 0.1) is 0 Å². The lowest BCUT2D eigenvalue weighted by Gasteiger charge is -2.11. The highest BCUT2D eigenvalue weighted by atomic mass is 35.5. The Kier molecular flexibility index (Phi) is 6.63. The average molecular weight is 347 g/mol. The van der Waals surface area contributed by atoms with Crippen molar-refractivity contribution >= 4 is 29.2 Å². The van der Waals surface area contributed by atoms with Crippen LogP contribution in [0.25, 0.3) is 0 Å². The van der Waals surface area contributed by atoms with Gasteiger partial charge >= 0.3 is 5.97 Å². The zero-order valence-electron chi connectivity index (χ0n) is 13.3. The van der Waals surface area contributed by atoms with E-state index in [1.165, 1.54) is 0 Å². The summed E-state index contributed by atoms with van der Waals surface area (Å²) < 4.78 is 5.00. The van der Waals surface area contributed by atoms with Gasteiger partial charge in [-0.3, -0.25) is 4.79 Å². The molecule has 24 heavy (non-hydrogen) atoms. The summed E-state index contributed by atoms with van der Waals surface area (Å²) >= 11 is 5.82. The minimum absolute atomic E-state index is 0.0595. The molecule has 1 amide bonds. The molecule has 0 aliphatic carbocycles. The van der Waals surface area contributed by atoms with E-state index in [0.29, 0.717) is 29.4 Å². The lowest BCUT2D eigenvalue weighted by molar-refractivity contribution is -0.119. The Labute approximate surface area is 146 Å². The van der Waals surface area contributed by atoms with Crippen molar-refractivity contribution in [1.82, 2.24) is 5.32 Å². The number of nitrogens with one attached hydrogen (secondary N) is 2. The van der Waals surface area contributed by atoms with Crippen LogP contribution < -0.4 is 10.6 Å². The van der Waals surface area contributed by atoms with Crippen LogP contribution in [0.2, 0.25) is 5.02 Å². The maximum atomic E-state index is 11.9. The molecule has 0 aliphatic rings. The van der Waals surface area contributed by atoms with Gasteiger partial charge in [0.25, 0.3) is 0 Å². The predicted octanol–water partition coefficient (Wildman–Crippen LogP) is 3.25. The van der Waals surface area contributed by atoms with Crippen LogP contribution in [0.5, 0.6) is 0 Å². The summed E-state index contributed by atoms with van der Waals surface area (Å²) in [4.78, 5) is 23.8. The fraction of sp³-hybridized carbons (Fsp3) is 0.222. The Bertz CT molecular complexity index is 702. The first-order chi connectivity index (χ1) is 11.6. The first-order valence-corrected chi connectivity index (χ1v) is 7.99. The monoisotopic (exact) mass is 346 g/mol. The highest BCUT2D eigenvalue weighted by Crippen LogP contribution is 2.16. The molecule has 0 spiro atoms. The van der Waals surface area contributed by atoms with E-state index in [2.05, 4.69) is 10.6 Å². The molecule has 6 heteroatoms. The molecule has 0 aliphatic heterocycles. The van der Waals surface area contributed by atoms with Gasteiger partial charge in [-0.25, -0.2) is 4.79 Å². The van der Waals surface area contributed by atoms with Gasteiger partial charge < -0.3 is 15.4 Å². The van der Waals surface area contributed by atoms with E-state index in [9.17, 15) is 9.59 Å². The summed E-state index contributed by atoms with van der Waals surface area (Å²) in [6.07, 6.45) is 0. The lowest BCUT2D eigenvalue weighted by atomic mass is 10.2. The van der Waals surface area contributed by atoms with Gasteiger partial charge in [-0.1, -0.05) is 35.9 Å². The molecule has 2 rings (SSSR count). The third-order valence-corrected chi connectivity index (χ3v) is 3.52. The Hall–Kier alpha value is -2.53. The normalized spacial score (nSPS) is 10.1. The van der Waals surface area contributed by atoms with E-state index in [1.54, 1.807) is 43.3 Å². The Morgan fingerprint density at radius 3 is 2.50 bits per heavy atom. The maximum Gasteiger partial charge on any atom is 0.340 e. The number of ether oxygens (including phenoxy) is 1. The molecule has 126 valence electrons. The van der Waals surface area contributed by atoms with Crippen molar-refractivity contribution in [2.75, 3.05) is 18.5 Å². The van der Waals surface area contributed by atoms with E-state index in [1.807, 2.05) is 12.1 Å². The smallest absolute Gasteiger partial charge is 0.340 e. The van der Waals surface area contributed by atoms with Crippen LogP contribution in [-0.2, 0) is 16.1 Å². The lowest BCUT2D eigenvalue weighted by Crippen LogP contribution is -2.29. The maximum absolute atomic E-state index is 11.9. The van der Waals surface area contributed by atoms with Gasteiger partial charge in [0.15, 0.2) is 0 Å². The highest BCUT2D eigenvalue weighted by molar-refractivity contribution is 6.30. The van der Waals surface area contributed by atoms with E-state index < -0.39 is 5.97 Å². The molecular weight excluding hydrogens is 328 g/mol. The van der Waals surface area contributed by atoms with Crippen LogP contribution in [0.15, 0.2) is 48.5 Å². The molecule has 2 aromatic rings. The summed E-state index contributed by atoms with van der Waals surface area (Å²) in [5.74, 6) is -0.592. The van der Waals surface area contributed by atoms with Gasteiger partial charge in [-0.2, -0.15) is 0 Å². The van der Waals surface area contributed by atoms with E-state index >= 15 is 0 Å². The molecule has 0 radical (unpaired) electrons. The number of halogens is 1. The summed E-state index contributed by atoms with van der Waals surface area (Å²) in [7, 11) is 0. The second-order valence-electron chi connectivity index (χ2n) is 5.02. The second-order valence-corrected chi connectivity index (χ2v) is 5.46. The first kappa shape index (κ1) is 17.8. The standard InChI is InChI=1S/C18H19ClN2O3/c1-2-24-18(23)15-5-3-4-6-16(15)20-12-17(22)21-11-13-7-9-14(19)10-8-13/h3-10,20H,2,11-12H2,1H3,(H,21,22). The number of para-hydroxylation sites is 1. The van der Waals surface area contributed by atoms with E-state index in [0.717, 1.165) is 5.56 Å². The van der Waals surface area contributed by atoms with Crippen LogP contribution >= 0.6 is 11.6 Å². The molecule has 2 aromatic carbocycles. The molecule has 0 saturated heterocycles. The number of carbonyl (C=O) groups is 2. The van der Waals surface area contributed by atoms with Crippen LogP contribution in [0.3, 0.4) is 0 Å². The Morgan fingerprint density at radius 2 is 1.79 bits per heavy atom. The molecular formula is C18H19ClN2O3. The van der Waals surface area contributed by atoms with E-state index in [4.69, 9.17) is 16.3 Å². The SMILES string of the molecule is CCOC(=O)c1ccccc1NCC(=O)NCc1ccc(Cl)cc1. The molecule has 5 nitrogen and oxygen atoms in total. The van der Waals surface area contributed by atoms with Gasteiger partial charge in [-0.15, -0.1) is 0 Å². The molecule has 0 fully saturated rings. The van der Waals surface area contributed by atoms with Gasteiger partial charge in [0.05, 0.1) is 18.7 Å². The number of hydrogen-bond donors (Lipinski definition) is 2. The zero-order chi connectivity index (χ0) is 17.4. The number of amides is 1. The minimum atomic E-state index is -0.415. The van der Waals surface area contributed by atoms with Crippen molar-refractivity contribution in [2.45, 2.75) is 13.5 Å². The largest absolute Gasteiger partial charge is 0.462 e. The van der Waals surface area contributed by atoms with Crippen molar-refractivity contribution in [2.24, 2.45) is 0 Å². The van der Waals surface area contributed by atoms with Gasteiger partial charge in [0.1, 0.15) is 0 Å². The number of carbonyl (C=O) groups excluding carboxylic acids is 2. The number of rotatable bonds is 7. The molecule has 0 unspecified atom stereocenters. The van der Waals surface area contributed by atoms with Crippen molar-refractivity contribution < 1.29 is 14.3 Å². The van der Waals surface area contributed by atoms with Gasteiger partial charge in [0.2, 0.25) is 5.91 Å². The van der Waals surface area contributed by atoms with Crippen LogP contribution in [-0.4, -0.2) is 25.0 Å². The third kappa shape index (κ3) is 5.28. The fourth-order valence-electron chi connectivity index (χ4n) is 2.07. The van der Waals surface area contributed by atoms with Crippen molar-refractivity contribution in [3.8, 4) is 0 Å². The quantitative estimate of drug-likeness (QED) is 0.755. The molecule has 0 heterocycles. The van der Waals surface area contributed by atoms with Crippen molar-refractivity contribution in [3.05, 3.63) is 64.7 Å². The topological polar surface area (TPSA) is 67.4 Å². The summed E-state index contributed by atoms with van der Waals surface area (Å²) in [6.45, 7) is 2.52. The molecule has 2 N–H and O–H groups in total. The van der Waals surface area contributed by atoms with E-state index in [-0.39, 0.29) is 12.5 Å². The summed E-state index contributed by atoms with van der Waals surface area (Å²) in [6, 6.07) is 14.2. The Balaban J connectivity index is 1.87. The zero-order valence-corrected chi connectivity index (χ0v) is 14.1. The van der Waals surface area contributed by atoms with Gasteiger partial charge in [0, 0.05) is 17.3 Å². The van der Waals surface area contributed by atoms with Crippen molar-refractivity contribution in [3.63, 3.8) is 0 Å². The number of anilines is 1.